The molecule has 1 fully saturated rings. The van der Waals surface area contributed by atoms with E-state index in [1.54, 1.807) is 0 Å². The highest BCUT2D eigenvalue weighted by atomic mass is 19.4. The second-order valence-corrected chi connectivity index (χ2v) is 5.88. The number of ketones is 1. The van der Waals surface area contributed by atoms with Gasteiger partial charge in [-0.1, -0.05) is 6.07 Å². The van der Waals surface area contributed by atoms with Gasteiger partial charge in [0.1, 0.15) is 5.82 Å². The second-order valence-electron chi connectivity index (χ2n) is 5.88. The first kappa shape index (κ1) is 19.7. The van der Waals surface area contributed by atoms with Crippen molar-refractivity contribution in [3.05, 3.63) is 35.1 Å². The summed E-state index contributed by atoms with van der Waals surface area (Å²) < 4.78 is 51.0. The predicted octanol–water partition coefficient (Wildman–Crippen LogP) is 2.53. The Morgan fingerprint density at radius 3 is 2.31 bits per heavy atom. The van der Waals surface area contributed by atoms with Crippen LogP contribution in [0.5, 0.6) is 0 Å². The molecule has 1 heterocycles. The summed E-state index contributed by atoms with van der Waals surface area (Å²) in [5.41, 5.74) is -1.75. The van der Waals surface area contributed by atoms with Gasteiger partial charge in [-0.2, -0.15) is 13.2 Å². The molecule has 0 spiro atoms. The fourth-order valence-electron chi connectivity index (χ4n) is 2.67. The van der Waals surface area contributed by atoms with Gasteiger partial charge in [-0.3, -0.25) is 9.59 Å². The van der Waals surface area contributed by atoms with E-state index >= 15 is 0 Å². The fraction of sp³-hybridized carbons (Fsp3) is 0.438. The van der Waals surface area contributed by atoms with Crippen LogP contribution in [0.3, 0.4) is 0 Å². The first-order valence-electron chi connectivity index (χ1n) is 7.75. The normalized spacial score (nSPS) is 15.6. The summed E-state index contributed by atoms with van der Waals surface area (Å²) in [5, 5.41) is 11.2. The highest BCUT2D eigenvalue weighted by Gasteiger charge is 2.34. The van der Waals surface area contributed by atoms with E-state index in [2.05, 4.69) is 5.32 Å². The van der Waals surface area contributed by atoms with Crippen molar-refractivity contribution in [1.29, 1.82) is 0 Å². The molecule has 0 bridgehead atoms. The van der Waals surface area contributed by atoms with E-state index in [-0.39, 0.29) is 18.7 Å². The van der Waals surface area contributed by atoms with Gasteiger partial charge in [-0.25, -0.2) is 9.18 Å². The van der Waals surface area contributed by atoms with Crippen molar-refractivity contribution >= 4 is 17.8 Å². The van der Waals surface area contributed by atoms with Gasteiger partial charge in [-0.05, 0) is 25.0 Å². The Morgan fingerprint density at radius 1 is 1.19 bits per heavy atom. The topological polar surface area (TPSA) is 86.7 Å². The van der Waals surface area contributed by atoms with Crippen molar-refractivity contribution in [2.45, 2.75) is 19.0 Å². The Labute approximate surface area is 145 Å². The monoisotopic (exact) mass is 376 g/mol. The van der Waals surface area contributed by atoms with Crippen molar-refractivity contribution in [3.8, 4) is 0 Å². The number of halogens is 4. The number of benzene rings is 1. The molecule has 26 heavy (non-hydrogen) atoms. The molecule has 2 amide bonds. The lowest BCUT2D eigenvalue weighted by Crippen LogP contribution is -2.43. The molecular formula is C16H16F4N2O4. The Hall–Kier alpha value is -2.65. The maximum Gasteiger partial charge on any atom is 0.419 e. The van der Waals surface area contributed by atoms with E-state index in [9.17, 15) is 31.9 Å². The smallest absolute Gasteiger partial charge is 0.419 e. The fourth-order valence-corrected chi connectivity index (χ4v) is 2.67. The summed E-state index contributed by atoms with van der Waals surface area (Å²) in [6, 6.07) is 1.82. The molecule has 1 aromatic carbocycles. The highest BCUT2D eigenvalue weighted by Crippen LogP contribution is 2.31. The molecule has 1 aliphatic heterocycles. The van der Waals surface area contributed by atoms with Gasteiger partial charge >= 0.3 is 12.3 Å². The summed E-state index contributed by atoms with van der Waals surface area (Å²) >= 11 is 0. The molecule has 0 aromatic heterocycles. The number of piperidine rings is 1. The number of amides is 2. The first-order valence-corrected chi connectivity index (χ1v) is 7.75. The third-order valence-electron chi connectivity index (χ3n) is 4.16. The molecule has 0 radical (unpaired) electrons. The molecule has 2 N–H and O–H groups in total. The van der Waals surface area contributed by atoms with Crippen LogP contribution < -0.4 is 5.32 Å². The molecule has 1 aliphatic rings. The number of hydrogen-bond acceptors (Lipinski definition) is 3. The molecule has 0 unspecified atom stereocenters. The lowest BCUT2D eigenvalue weighted by atomic mass is 9.96. The molecule has 0 atom stereocenters. The lowest BCUT2D eigenvalue weighted by molar-refractivity contribution is -0.140. The molecule has 142 valence electrons. The number of carboxylic acid groups (broad SMARTS) is 1. The van der Waals surface area contributed by atoms with Gasteiger partial charge < -0.3 is 15.3 Å². The van der Waals surface area contributed by atoms with E-state index in [0.29, 0.717) is 25.0 Å². The number of rotatable bonds is 4. The number of nitrogens with one attached hydrogen (secondary N) is 1. The van der Waals surface area contributed by atoms with Gasteiger partial charge in [0.25, 0.3) is 0 Å². The van der Waals surface area contributed by atoms with Crippen LogP contribution in [-0.2, 0) is 11.0 Å². The second kappa shape index (κ2) is 7.71. The van der Waals surface area contributed by atoms with Crippen molar-refractivity contribution in [3.63, 3.8) is 0 Å². The lowest BCUT2D eigenvalue weighted by Gasteiger charge is -2.29. The van der Waals surface area contributed by atoms with Gasteiger partial charge in [0.15, 0.2) is 5.78 Å². The minimum atomic E-state index is -4.86. The molecule has 0 saturated carbocycles. The molecule has 0 aliphatic carbocycles. The highest BCUT2D eigenvalue weighted by molar-refractivity contribution is 5.99. The van der Waals surface area contributed by atoms with Crippen molar-refractivity contribution < 1.29 is 37.1 Å². The minimum Gasteiger partial charge on any atom is -0.465 e. The van der Waals surface area contributed by atoms with Gasteiger partial charge in [0.05, 0.1) is 12.1 Å². The van der Waals surface area contributed by atoms with E-state index in [1.807, 2.05) is 0 Å². The zero-order valence-electron chi connectivity index (χ0n) is 13.5. The third-order valence-corrected chi connectivity index (χ3v) is 4.16. The average Bonchev–Trinajstić information content (AvgIpc) is 2.58. The Morgan fingerprint density at radius 2 is 1.81 bits per heavy atom. The number of nitrogens with zero attached hydrogens (tertiary/aromatic N) is 1. The molecule has 6 nitrogen and oxygen atoms in total. The quantitative estimate of drug-likeness (QED) is 0.625. The van der Waals surface area contributed by atoms with Gasteiger partial charge in [-0.15, -0.1) is 0 Å². The van der Waals surface area contributed by atoms with Gasteiger partial charge in [0.2, 0.25) is 5.91 Å². The van der Waals surface area contributed by atoms with E-state index < -0.39 is 47.8 Å². The third kappa shape index (κ3) is 4.70. The van der Waals surface area contributed by atoms with Crippen LogP contribution in [0.2, 0.25) is 0 Å². The largest absolute Gasteiger partial charge is 0.465 e. The zero-order valence-corrected chi connectivity index (χ0v) is 13.5. The zero-order chi connectivity index (χ0) is 19.5. The number of hydrogen-bond donors (Lipinski definition) is 2. The van der Waals surface area contributed by atoms with Gasteiger partial charge in [0, 0.05) is 24.6 Å². The SMILES string of the molecule is O=C(CNC(=O)C1CCN(C(=O)O)CC1)c1ccc(C(F)(F)F)c(F)c1. The number of carbonyl (C=O) groups is 3. The van der Waals surface area contributed by atoms with Crippen LogP contribution in [0, 0.1) is 11.7 Å². The molecule has 1 aromatic rings. The standard InChI is InChI=1S/C16H16F4N2O4/c17-12-7-10(1-2-11(12)16(18,19)20)13(23)8-21-14(24)9-3-5-22(6-4-9)15(25)26/h1-2,7,9H,3-6,8H2,(H,21,24)(H,25,26). The maximum absolute atomic E-state index is 13.5. The van der Waals surface area contributed by atoms with E-state index in [4.69, 9.17) is 5.11 Å². The Bertz CT molecular complexity index is 713. The van der Waals surface area contributed by atoms with Crippen LogP contribution >= 0.6 is 0 Å². The van der Waals surface area contributed by atoms with Crippen LogP contribution in [0.15, 0.2) is 18.2 Å². The van der Waals surface area contributed by atoms with Crippen LogP contribution in [-0.4, -0.2) is 47.4 Å². The summed E-state index contributed by atoms with van der Waals surface area (Å²) in [4.78, 5) is 35.9. The minimum absolute atomic E-state index is 0.200. The summed E-state index contributed by atoms with van der Waals surface area (Å²) in [6.07, 6.45) is -5.31. The van der Waals surface area contributed by atoms with Crippen LogP contribution in [0.25, 0.3) is 0 Å². The number of likely N-dealkylation sites (tertiary alicyclic amines) is 1. The van der Waals surface area contributed by atoms with Crippen molar-refractivity contribution in [2.24, 2.45) is 5.92 Å². The van der Waals surface area contributed by atoms with E-state index in [1.165, 1.54) is 4.90 Å². The first-order chi connectivity index (χ1) is 12.1. The van der Waals surface area contributed by atoms with Crippen molar-refractivity contribution in [1.82, 2.24) is 10.2 Å². The molecule has 1 saturated heterocycles. The Balaban J connectivity index is 1.90. The van der Waals surface area contributed by atoms with Crippen molar-refractivity contribution in [2.75, 3.05) is 19.6 Å². The number of Topliss-reactive ketones (excluding diaryl/α,β-unsaturated/α-hetero) is 1. The average molecular weight is 376 g/mol. The van der Waals surface area contributed by atoms with Crippen LogP contribution in [0.4, 0.5) is 22.4 Å². The molecule has 10 heteroatoms. The Kier molecular flexibility index (Phi) is 5.83. The van der Waals surface area contributed by atoms with E-state index in [0.717, 1.165) is 6.07 Å². The predicted molar refractivity (Wildman–Crippen MR) is 81.1 cm³/mol. The number of alkyl halides is 3. The molecule has 2 rings (SSSR count). The summed E-state index contributed by atoms with van der Waals surface area (Å²) in [6.45, 7) is -0.0836. The summed E-state index contributed by atoms with van der Waals surface area (Å²) in [5.74, 6) is -3.19. The number of carbonyl (C=O) groups excluding carboxylic acids is 2. The maximum atomic E-state index is 13.5. The van der Waals surface area contributed by atoms with Crippen LogP contribution in [0.1, 0.15) is 28.8 Å². The molecular weight excluding hydrogens is 360 g/mol. The summed E-state index contributed by atoms with van der Waals surface area (Å²) in [7, 11) is 0.